The molecule has 1 saturated heterocycles. The van der Waals surface area contributed by atoms with Crippen LogP contribution in [0.4, 0.5) is 0 Å². The van der Waals surface area contributed by atoms with E-state index < -0.39 is 0 Å². The highest BCUT2D eigenvalue weighted by Gasteiger charge is 2.38. The van der Waals surface area contributed by atoms with Crippen LogP contribution >= 0.6 is 0 Å². The second kappa shape index (κ2) is 9.24. The maximum absolute atomic E-state index is 12.1. The summed E-state index contributed by atoms with van der Waals surface area (Å²) in [4.78, 5) is 25.3. The minimum Gasteiger partial charge on any atom is -0.340 e. The van der Waals surface area contributed by atoms with E-state index in [1.807, 2.05) is 0 Å². The smallest absolute Gasteiger partial charge is 0.222 e. The predicted octanol–water partition coefficient (Wildman–Crippen LogP) is 4.51. The zero-order valence-corrected chi connectivity index (χ0v) is 14.9. The van der Waals surface area contributed by atoms with E-state index in [4.69, 9.17) is 0 Å². The number of ketones is 1. The van der Waals surface area contributed by atoms with Crippen LogP contribution in [0.3, 0.4) is 0 Å². The molecule has 0 bridgehead atoms. The van der Waals surface area contributed by atoms with Crippen LogP contribution in [0.1, 0.15) is 78.1 Å². The zero-order valence-electron chi connectivity index (χ0n) is 14.9. The number of carbonyl (C=O) groups is 2. The fraction of sp³-hybridized carbons (Fsp3) is 0.800. The van der Waals surface area contributed by atoms with Crippen molar-refractivity contribution in [1.29, 1.82) is 0 Å². The second-order valence-corrected chi connectivity index (χ2v) is 7.43. The highest BCUT2D eigenvalue weighted by molar-refractivity contribution is 5.81. The molecule has 0 aromatic heterocycles. The summed E-state index contributed by atoms with van der Waals surface area (Å²) in [7, 11) is 0. The first kappa shape index (κ1) is 18.2. The molecule has 0 spiro atoms. The van der Waals surface area contributed by atoms with E-state index >= 15 is 0 Å². The number of unbranched alkanes of at least 4 members (excludes halogenated alkanes) is 5. The fourth-order valence-corrected chi connectivity index (χ4v) is 3.68. The average molecular weight is 319 g/mol. The van der Waals surface area contributed by atoms with Crippen LogP contribution in [-0.2, 0) is 9.59 Å². The summed E-state index contributed by atoms with van der Waals surface area (Å²) in [6.45, 7) is 4.84. The van der Waals surface area contributed by atoms with Gasteiger partial charge in [0, 0.05) is 24.9 Å². The molecule has 0 N–H and O–H groups in total. The quantitative estimate of drug-likeness (QED) is 0.439. The molecule has 1 amide bonds. The Balaban J connectivity index is 1.40. The third kappa shape index (κ3) is 6.12. The lowest BCUT2D eigenvalue weighted by atomic mass is 10.1. The van der Waals surface area contributed by atoms with Crippen molar-refractivity contribution in [1.82, 2.24) is 4.90 Å². The Morgan fingerprint density at radius 1 is 1.13 bits per heavy atom. The van der Waals surface area contributed by atoms with Crippen molar-refractivity contribution < 1.29 is 9.59 Å². The van der Waals surface area contributed by atoms with Crippen molar-refractivity contribution >= 4 is 11.7 Å². The molecule has 23 heavy (non-hydrogen) atoms. The molecule has 2 aliphatic rings. The summed E-state index contributed by atoms with van der Waals surface area (Å²) >= 11 is 0. The van der Waals surface area contributed by atoms with Gasteiger partial charge in [0.1, 0.15) is 5.78 Å². The van der Waals surface area contributed by atoms with Gasteiger partial charge in [-0.15, -0.1) is 0 Å². The van der Waals surface area contributed by atoms with E-state index in [2.05, 4.69) is 24.0 Å². The molecule has 0 aromatic rings. The molecule has 1 aliphatic carbocycles. The van der Waals surface area contributed by atoms with Gasteiger partial charge in [-0.05, 0) is 58.3 Å². The monoisotopic (exact) mass is 319 g/mol. The van der Waals surface area contributed by atoms with E-state index in [1.165, 1.54) is 38.5 Å². The summed E-state index contributed by atoms with van der Waals surface area (Å²) in [5, 5.41) is 0. The molecular formula is C20H33NO2. The van der Waals surface area contributed by atoms with E-state index in [1.54, 1.807) is 6.92 Å². The fourth-order valence-electron chi connectivity index (χ4n) is 3.68. The first-order valence-corrected chi connectivity index (χ1v) is 9.56. The van der Waals surface area contributed by atoms with Crippen molar-refractivity contribution in [2.45, 2.75) is 84.1 Å². The van der Waals surface area contributed by atoms with Gasteiger partial charge < -0.3 is 4.90 Å². The van der Waals surface area contributed by atoms with Gasteiger partial charge in [-0.25, -0.2) is 0 Å². The second-order valence-electron chi connectivity index (χ2n) is 7.43. The van der Waals surface area contributed by atoms with Gasteiger partial charge in [0.05, 0.1) is 0 Å². The Morgan fingerprint density at radius 3 is 2.52 bits per heavy atom. The number of nitrogens with zero attached hydrogens (tertiary/aromatic N) is 1. The lowest BCUT2D eigenvalue weighted by Crippen LogP contribution is -2.33. The Bertz CT molecular complexity index is 429. The Labute approximate surface area is 141 Å². The minimum atomic E-state index is 0.321. The van der Waals surface area contributed by atoms with Crippen LogP contribution in [0.25, 0.3) is 0 Å². The number of rotatable bonds is 10. The van der Waals surface area contributed by atoms with Gasteiger partial charge in [-0.2, -0.15) is 0 Å². The van der Waals surface area contributed by atoms with Crippen LogP contribution in [0, 0.1) is 11.8 Å². The third-order valence-electron chi connectivity index (χ3n) is 5.38. The largest absolute Gasteiger partial charge is 0.340 e. The minimum absolute atomic E-state index is 0.321. The van der Waals surface area contributed by atoms with Gasteiger partial charge >= 0.3 is 0 Å². The lowest BCUT2D eigenvalue weighted by Gasteiger charge is -2.21. The average Bonchev–Trinajstić information content (AvgIpc) is 3.18. The normalized spacial score (nSPS) is 26.9. The van der Waals surface area contributed by atoms with Crippen molar-refractivity contribution in [2.75, 3.05) is 6.54 Å². The van der Waals surface area contributed by atoms with Gasteiger partial charge in [-0.3, -0.25) is 9.59 Å². The van der Waals surface area contributed by atoms with Crippen LogP contribution in [0.2, 0.25) is 0 Å². The topological polar surface area (TPSA) is 37.4 Å². The summed E-state index contributed by atoms with van der Waals surface area (Å²) in [5.74, 6) is 1.56. The van der Waals surface area contributed by atoms with E-state index in [0.29, 0.717) is 29.6 Å². The summed E-state index contributed by atoms with van der Waals surface area (Å²) in [6, 6.07) is 0.461. The van der Waals surface area contributed by atoms with Gasteiger partial charge in [-0.1, -0.05) is 31.4 Å². The molecule has 2 fully saturated rings. The van der Waals surface area contributed by atoms with E-state index in [0.717, 1.165) is 32.2 Å². The Hall–Kier alpha value is -1.12. The SMILES string of the molecule is CC(=O)[C@H]1CC1/C=C\CCCCCCCC(=O)N1CCCC1C. The molecular weight excluding hydrogens is 286 g/mol. The number of allylic oxidation sites excluding steroid dienone is 2. The van der Waals surface area contributed by atoms with Crippen molar-refractivity contribution in [3.63, 3.8) is 0 Å². The summed E-state index contributed by atoms with van der Waals surface area (Å²) in [5.41, 5.74) is 0. The summed E-state index contributed by atoms with van der Waals surface area (Å²) in [6.07, 6.45) is 15.7. The molecule has 2 unspecified atom stereocenters. The predicted molar refractivity (Wildman–Crippen MR) is 94.1 cm³/mol. The van der Waals surface area contributed by atoms with Crippen LogP contribution in [-0.4, -0.2) is 29.2 Å². The first-order chi connectivity index (χ1) is 11.1. The highest BCUT2D eigenvalue weighted by atomic mass is 16.2. The number of hydrogen-bond donors (Lipinski definition) is 0. The van der Waals surface area contributed by atoms with Gasteiger partial charge in [0.2, 0.25) is 5.91 Å². The standard InChI is InChI=1S/C20H33NO2/c1-16-11-10-14-21(16)20(23)13-9-7-5-3-4-6-8-12-18-15-19(18)17(2)22/h8,12,16,18-19H,3-7,9-11,13-15H2,1-2H3/b12-8-/t16?,18?,19-/m1/s1. The van der Waals surface area contributed by atoms with Crippen molar-refractivity contribution in [3.05, 3.63) is 12.2 Å². The van der Waals surface area contributed by atoms with Crippen LogP contribution in [0.5, 0.6) is 0 Å². The zero-order chi connectivity index (χ0) is 16.7. The molecule has 1 saturated carbocycles. The Morgan fingerprint density at radius 2 is 1.87 bits per heavy atom. The molecule has 1 aliphatic heterocycles. The molecule has 130 valence electrons. The maximum atomic E-state index is 12.1. The Kier molecular flexibility index (Phi) is 7.32. The maximum Gasteiger partial charge on any atom is 0.222 e. The molecule has 3 atom stereocenters. The molecule has 1 heterocycles. The molecule has 3 nitrogen and oxygen atoms in total. The van der Waals surface area contributed by atoms with Crippen molar-refractivity contribution in [3.8, 4) is 0 Å². The van der Waals surface area contributed by atoms with Gasteiger partial charge in [0.15, 0.2) is 0 Å². The number of amides is 1. The first-order valence-electron chi connectivity index (χ1n) is 9.56. The molecule has 0 radical (unpaired) electrons. The number of Topliss-reactive ketones (excluding diaryl/α,β-unsaturated/α-hetero) is 1. The van der Waals surface area contributed by atoms with E-state index in [9.17, 15) is 9.59 Å². The molecule has 3 heteroatoms. The van der Waals surface area contributed by atoms with Crippen molar-refractivity contribution in [2.24, 2.45) is 11.8 Å². The highest BCUT2D eigenvalue weighted by Crippen LogP contribution is 2.40. The number of carbonyl (C=O) groups excluding carboxylic acids is 2. The number of likely N-dealkylation sites (tertiary alicyclic amines) is 1. The van der Waals surface area contributed by atoms with Crippen LogP contribution < -0.4 is 0 Å². The molecule has 0 aromatic carbocycles. The van der Waals surface area contributed by atoms with Crippen LogP contribution in [0.15, 0.2) is 12.2 Å². The number of hydrogen-bond acceptors (Lipinski definition) is 2. The third-order valence-corrected chi connectivity index (χ3v) is 5.38. The van der Waals surface area contributed by atoms with E-state index in [-0.39, 0.29) is 0 Å². The lowest BCUT2D eigenvalue weighted by molar-refractivity contribution is -0.131. The van der Waals surface area contributed by atoms with Gasteiger partial charge in [0.25, 0.3) is 0 Å². The summed E-state index contributed by atoms with van der Waals surface area (Å²) < 4.78 is 0. The molecule has 2 rings (SSSR count).